The molecule has 0 spiro atoms. The molecule has 0 bridgehead atoms. The molecule has 1 aliphatic heterocycles. The number of nitrogens with zero attached hydrogens (tertiary/aromatic N) is 3. The minimum atomic E-state index is -0.235. The van der Waals surface area contributed by atoms with Crippen molar-refractivity contribution < 1.29 is 9.18 Å². The molecular formula is C20H32FN3O. The van der Waals surface area contributed by atoms with Gasteiger partial charge in [-0.15, -0.1) is 0 Å². The molecule has 0 saturated carbocycles. The summed E-state index contributed by atoms with van der Waals surface area (Å²) in [5.41, 5.74) is 0.989. The van der Waals surface area contributed by atoms with Gasteiger partial charge in [0.25, 0.3) is 0 Å². The van der Waals surface area contributed by atoms with Crippen LogP contribution in [0.15, 0.2) is 24.3 Å². The lowest BCUT2D eigenvalue weighted by molar-refractivity contribution is -0.131. The molecule has 1 amide bonds. The molecule has 1 saturated heterocycles. The number of carbonyl (C=O) groups excluding carboxylic acids is 1. The van der Waals surface area contributed by atoms with Gasteiger partial charge in [-0.05, 0) is 50.7 Å². The maximum Gasteiger partial charge on any atom is 0.222 e. The lowest BCUT2D eigenvalue weighted by atomic mass is 10.1. The molecule has 1 atom stereocenters. The van der Waals surface area contributed by atoms with Crippen molar-refractivity contribution in [2.75, 3.05) is 39.8 Å². The highest BCUT2D eigenvalue weighted by Gasteiger charge is 2.25. The summed E-state index contributed by atoms with van der Waals surface area (Å²) in [6, 6.07) is 6.91. The van der Waals surface area contributed by atoms with Gasteiger partial charge < -0.3 is 14.7 Å². The molecule has 1 aromatic rings. The summed E-state index contributed by atoms with van der Waals surface area (Å²) in [7, 11) is 2.17. The fourth-order valence-corrected chi connectivity index (χ4v) is 3.46. The smallest absolute Gasteiger partial charge is 0.222 e. The van der Waals surface area contributed by atoms with Gasteiger partial charge in [0, 0.05) is 38.6 Å². The largest absolute Gasteiger partial charge is 0.338 e. The molecule has 0 N–H and O–H groups in total. The topological polar surface area (TPSA) is 26.8 Å². The summed E-state index contributed by atoms with van der Waals surface area (Å²) < 4.78 is 13.0. The van der Waals surface area contributed by atoms with Crippen molar-refractivity contribution in [3.63, 3.8) is 0 Å². The van der Waals surface area contributed by atoms with Crippen molar-refractivity contribution in [3.8, 4) is 0 Å². The molecule has 2 rings (SSSR count). The summed E-state index contributed by atoms with van der Waals surface area (Å²) in [5.74, 6) is -0.0233. The molecule has 4 nitrogen and oxygen atoms in total. The Kier molecular flexibility index (Phi) is 7.85. The number of hydrogen-bond acceptors (Lipinski definition) is 3. The highest BCUT2D eigenvalue weighted by atomic mass is 19.1. The van der Waals surface area contributed by atoms with Gasteiger partial charge in [-0.25, -0.2) is 4.39 Å². The Morgan fingerprint density at radius 3 is 2.44 bits per heavy atom. The number of benzene rings is 1. The van der Waals surface area contributed by atoms with Gasteiger partial charge in [-0.1, -0.05) is 26.0 Å². The van der Waals surface area contributed by atoms with Crippen LogP contribution in [0.4, 0.5) is 4.39 Å². The van der Waals surface area contributed by atoms with Crippen LogP contribution in [0.2, 0.25) is 0 Å². The second kappa shape index (κ2) is 9.88. The highest BCUT2D eigenvalue weighted by Crippen LogP contribution is 2.19. The molecule has 0 radical (unpaired) electrons. The molecule has 5 heteroatoms. The predicted octanol–water partition coefficient (Wildman–Crippen LogP) is 2.98. The second-order valence-electron chi connectivity index (χ2n) is 6.93. The first-order chi connectivity index (χ1) is 12.0. The van der Waals surface area contributed by atoms with Crippen LogP contribution in [0.5, 0.6) is 0 Å². The summed E-state index contributed by atoms with van der Waals surface area (Å²) in [6.45, 7) is 10.0. The number of likely N-dealkylation sites (tertiary alicyclic amines) is 1. The van der Waals surface area contributed by atoms with Gasteiger partial charge in [0.1, 0.15) is 5.82 Å². The van der Waals surface area contributed by atoms with Crippen molar-refractivity contribution in [2.45, 2.75) is 45.7 Å². The third-order valence-electron chi connectivity index (χ3n) is 5.35. The Bertz CT molecular complexity index is 530. The van der Waals surface area contributed by atoms with Crippen molar-refractivity contribution in [3.05, 3.63) is 35.6 Å². The zero-order valence-electron chi connectivity index (χ0n) is 15.9. The number of amides is 1. The quantitative estimate of drug-likeness (QED) is 0.722. The van der Waals surface area contributed by atoms with E-state index in [1.165, 1.54) is 12.1 Å². The van der Waals surface area contributed by atoms with E-state index in [0.29, 0.717) is 19.0 Å². The van der Waals surface area contributed by atoms with Crippen molar-refractivity contribution >= 4 is 5.91 Å². The van der Waals surface area contributed by atoms with Crippen LogP contribution in [0.25, 0.3) is 0 Å². The van der Waals surface area contributed by atoms with Gasteiger partial charge in [0.2, 0.25) is 5.91 Å². The van der Waals surface area contributed by atoms with Crippen LogP contribution in [0.1, 0.15) is 38.7 Å². The normalized spacial score (nSPS) is 18.9. The minimum absolute atomic E-state index is 0.212. The molecule has 1 aliphatic rings. The van der Waals surface area contributed by atoms with Crippen LogP contribution in [0.3, 0.4) is 0 Å². The molecule has 0 aromatic heterocycles. The lowest BCUT2D eigenvalue weighted by Crippen LogP contribution is -2.39. The van der Waals surface area contributed by atoms with Crippen molar-refractivity contribution in [1.29, 1.82) is 0 Å². The Morgan fingerprint density at radius 2 is 1.80 bits per heavy atom. The number of rotatable bonds is 8. The average Bonchev–Trinajstić information content (AvgIpc) is 2.80. The maximum atomic E-state index is 13.0. The zero-order chi connectivity index (χ0) is 18.2. The van der Waals surface area contributed by atoms with Gasteiger partial charge in [-0.2, -0.15) is 0 Å². The van der Waals surface area contributed by atoms with E-state index in [1.807, 2.05) is 4.90 Å². The molecule has 1 fully saturated rings. The summed E-state index contributed by atoms with van der Waals surface area (Å²) in [6.07, 6.45) is 2.52. The van der Waals surface area contributed by atoms with E-state index in [1.54, 1.807) is 12.1 Å². The van der Waals surface area contributed by atoms with Crippen LogP contribution >= 0.6 is 0 Å². The fraction of sp³-hybridized carbons (Fsp3) is 0.650. The van der Waals surface area contributed by atoms with E-state index < -0.39 is 0 Å². The van der Waals surface area contributed by atoms with Crippen molar-refractivity contribution in [2.24, 2.45) is 0 Å². The van der Waals surface area contributed by atoms with Gasteiger partial charge >= 0.3 is 0 Å². The molecule has 1 aromatic carbocycles. The van der Waals surface area contributed by atoms with E-state index in [4.69, 9.17) is 0 Å². The van der Waals surface area contributed by atoms with Gasteiger partial charge in [-0.3, -0.25) is 4.79 Å². The monoisotopic (exact) mass is 349 g/mol. The van der Waals surface area contributed by atoms with E-state index in [2.05, 4.69) is 30.7 Å². The van der Waals surface area contributed by atoms with E-state index in [9.17, 15) is 9.18 Å². The van der Waals surface area contributed by atoms with Crippen LogP contribution in [-0.2, 0) is 11.3 Å². The zero-order valence-corrected chi connectivity index (χ0v) is 15.9. The van der Waals surface area contributed by atoms with Gasteiger partial charge in [0.15, 0.2) is 0 Å². The van der Waals surface area contributed by atoms with Crippen LogP contribution in [-0.4, -0.2) is 66.4 Å². The molecule has 1 heterocycles. The standard InChI is InChI=1S/C20H32FN3O/c1-4-23(5-2)15-14-22(3)19-10-11-20(25)24(13-12-19)16-17-6-8-18(21)9-7-17/h6-9,19H,4-5,10-16H2,1-3H3. The third kappa shape index (κ3) is 6.08. The Hall–Kier alpha value is -1.46. The van der Waals surface area contributed by atoms with Crippen molar-refractivity contribution in [1.82, 2.24) is 14.7 Å². The van der Waals surface area contributed by atoms with Crippen LogP contribution in [0, 0.1) is 5.82 Å². The first-order valence-electron chi connectivity index (χ1n) is 9.48. The Balaban J connectivity index is 1.86. The second-order valence-corrected chi connectivity index (χ2v) is 6.93. The summed E-state index contributed by atoms with van der Waals surface area (Å²) in [5, 5.41) is 0. The van der Waals surface area contributed by atoms with E-state index in [-0.39, 0.29) is 11.7 Å². The summed E-state index contributed by atoms with van der Waals surface area (Å²) in [4.78, 5) is 19.2. The van der Waals surface area contributed by atoms with E-state index in [0.717, 1.165) is 51.1 Å². The van der Waals surface area contributed by atoms with E-state index >= 15 is 0 Å². The molecule has 140 valence electrons. The number of halogens is 1. The Labute approximate surface area is 151 Å². The minimum Gasteiger partial charge on any atom is -0.338 e. The maximum absolute atomic E-state index is 13.0. The molecule has 0 aliphatic carbocycles. The third-order valence-corrected chi connectivity index (χ3v) is 5.35. The lowest BCUT2D eigenvalue weighted by Gasteiger charge is -2.29. The Morgan fingerprint density at radius 1 is 1.12 bits per heavy atom. The average molecular weight is 349 g/mol. The highest BCUT2D eigenvalue weighted by molar-refractivity contribution is 5.76. The predicted molar refractivity (Wildman–Crippen MR) is 99.9 cm³/mol. The fourth-order valence-electron chi connectivity index (χ4n) is 3.46. The SMILES string of the molecule is CCN(CC)CCN(C)C1CCC(=O)N(Cc2ccc(F)cc2)CC1. The number of carbonyl (C=O) groups is 1. The van der Waals surface area contributed by atoms with Crippen LogP contribution < -0.4 is 0 Å². The van der Waals surface area contributed by atoms with Gasteiger partial charge in [0.05, 0.1) is 0 Å². The molecule has 1 unspecified atom stereocenters. The summed E-state index contributed by atoms with van der Waals surface area (Å²) >= 11 is 0. The molecule has 25 heavy (non-hydrogen) atoms. The first-order valence-corrected chi connectivity index (χ1v) is 9.48. The number of likely N-dealkylation sites (N-methyl/N-ethyl adjacent to an activating group) is 2. The number of hydrogen-bond donors (Lipinski definition) is 0. The molecular weight excluding hydrogens is 317 g/mol. The first kappa shape index (κ1) is 19.9.